The van der Waals surface area contributed by atoms with Gasteiger partial charge in [-0.2, -0.15) is 5.26 Å². The van der Waals surface area contributed by atoms with E-state index < -0.39 is 0 Å². The van der Waals surface area contributed by atoms with Gasteiger partial charge in [0.2, 0.25) is 0 Å². The lowest BCUT2D eigenvalue weighted by molar-refractivity contribution is 0.225. The van der Waals surface area contributed by atoms with Gasteiger partial charge in [0.1, 0.15) is 5.82 Å². The van der Waals surface area contributed by atoms with Gasteiger partial charge in [0, 0.05) is 32.7 Å². The molecule has 0 aliphatic carbocycles. The van der Waals surface area contributed by atoms with Gasteiger partial charge in [-0.1, -0.05) is 6.07 Å². The molecular formula is C16H21N5. The Bertz CT molecular complexity index is 661. The van der Waals surface area contributed by atoms with Crippen LogP contribution in [-0.4, -0.2) is 40.6 Å². The van der Waals surface area contributed by atoms with Crippen molar-refractivity contribution < 1.29 is 0 Å². The number of fused-ring (bicyclic) bond motifs is 1. The predicted octanol–water partition coefficient (Wildman–Crippen LogP) is 1.66. The number of piperazine rings is 1. The van der Waals surface area contributed by atoms with Gasteiger partial charge in [0.15, 0.2) is 0 Å². The molecular weight excluding hydrogens is 262 g/mol. The molecule has 0 unspecified atom stereocenters. The molecule has 0 amide bonds. The number of benzene rings is 1. The monoisotopic (exact) mass is 283 g/mol. The summed E-state index contributed by atoms with van der Waals surface area (Å²) in [4.78, 5) is 7.24. The van der Waals surface area contributed by atoms with E-state index >= 15 is 0 Å². The van der Waals surface area contributed by atoms with Gasteiger partial charge in [0.05, 0.1) is 30.1 Å². The second kappa shape index (κ2) is 6.25. The Kier molecular flexibility index (Phi) is 4.18. The fourth-order valence-corrected chi connectivity index (χ4v) is 2.89. The van der Waals surface area contributed by atoms with Crippen LogP contribution < -0.4 is 5.32 Å². The zero-order chi connectivity index (χ0) is 14.7. The Morgan fingerprint density at radius 3 is 2.90 bits per heavy atom. The maximum absolute atomic E-state index is 8.89. The van der Waals surface area contributed by atoms with E-state index in [-0.39, 0.29) is 0 Å². The SMILES string of the molecule is Cc1ccc2c(c1)nc(CN1CCNCC1)n2CCC#N. The van der Waals surface area contributed by atoms with Gasteiger partial charge in [-0.05, 0) is 24.6 Å². The number of hydrogen-bond acceptors (Lipinski definition) is 4. The Labute approximate surface area is 125 Å². The van der Waals surface area contributed by atoms with Crippen molar-refractivity contribution in [2.24, 2.45) is 0 Å². The van der Waals surface area contributed by atoms with Crippen LogP contribution in [0.3, 0.4) is 0 Å². The molecule has 5 heteroatoms. The largest absolute Gasteiger partial charge is 0.326 e. The van der Waals surface area contributed by atoms with Crippen molar-refractivity contribution in [3.63, 3.8) is 0 Å². The van der Waals surface area contributed by atoms with Crippen molar-refractivity contribution in [3.8, 4) is 6.07 Å². The van der Waals surface area contributed by atoms with Gasteiger partial charge < -0.3 is 9.88 Å². The van der Waals surface area contributed by atoms with Gasteiger partial charge >= 0.3 is 0 Å². The average Bonchev–Trinajstić information content (AvgIpc) is 2.82. The molecule has 1 fully saturated rings. The van der Waals surface area contributed by atoms with Gasteiger partial charge in [-0.25, -0.2) is 4.98 Å². The van der Waals surface area contributed by atoms with Gasteiger partial charge in [0.25, 0.3) is 0 Å². The van der Waals surface area contributed by atoms with Crippen LogP contribution in [0.15, 0.2) is 18.2 Å². The van der Waals surface area contributed by atoms with Crippen LogP contribution in [-0.2, 0) is 13.1 Å². The summed E-state index contributed by atoms with van der Waals surface area (Å²) >= 11 is 0. The first-order valence-electron chi connectivity index (χ1n) is 7.54. The molecule has 1 saturated heterocycles. The van der Waals surface area contributed by atoms with Crippen LogP contribution in [0.2, 0.25) is 0 Å². The maximum atomic E-state index is 8.89. The zero-order valence-electron chi connectivity index (χ0n) is 12.5. The summed E-state index contributed by atoms with van der Waals surface area (Å²) in [5.74, 6) is 1.08. The zero-order valence-corrected chi connectivity index (χ0v) is 12.5. The van der Waals surface area contributed by atoms with E-state index in [1.165, 1.54) is 5.56 Å². The molecule has 3 rings (SSSR count). The van der Waals surface area contributed by atoms with E-state index in [1.807, 2.05) is 0 Å². The summed E-state index contributed by atoms with van der Waals surface area (Å²) in [5.41, 5.74) is 3.40. The summed E-state index contributed by atoms with van der Waals surface area (Å²) in [6, 6.07) is 8.60. The van der Waals surface area contributed by atoms with Crippen LogP contribution >= 0.6 is 0 Å². The van der Waals surface area contributed by atoms with Crippen molar-refractivity contribution in [3.05, 3.63) is 29.6 Å². The van der Waals surface area contributed by atoms with E-state index in [1.54, 1.807) is 0 Å². The summed E-state index contributed by atoms with van der Waals surface area (Å²) in [7, 11) is 0. The number of nitriles is 1. The van der Waals surface area contributed by atoms with Crippen molar-refractivity contribution in [2.45, 2.75) is 26.4 Å². The minimum absolute atomic E-state index is 0.522. The molecule has 2 heterocycles. The third-order valence-electron chi connectivity index (χ3n) is 4.00. The second-order valence-electron chi connectivity index (χ2n) is 5.61. The van der Waals surface area contributed by atoms with E-state index in [2.05, 4.69) is 46.0 Å². The fourth-order valence-electron chi connectivity index (χ4n) is 2.89. The van der Waals surface area contributed by atoms with Crippen molar-refractivity contribution in [1.82, 2.24) is 19.8 Å². The highest BCUT2D eigenvalue weighted by atomic mass is 15.2. The molecule has 110 valence electrons. The maximum Gasteiger partial charge on any atom is 0.124 e. The van der Waals surface area contributed by atoms with Crippen LogP contribution in [0.25, 0.3) is 11.0 Å². The molecule has 1 N–H and O–H groups in total. The smallest absolute Gasteiger partial charge is 0.124 e. The number of nitrogens with one attached hydrogen (secondary N) is 1. The quantitative estimate of drug-likeness (QED) is 0.927. The highest BCUT2D eigenvalue weighted by Gasteiger charge is 2.16. The molecule has 0 radical (unpaired) electrons. The third kappa shape index (κ3) is 3.07. The Hall–Kier alpha value is -1.90. The highest BCUT2D eigenvalue weighted by molar-refractivity contribution is 5.76. The molecule has 21 heavy (non-hydrogen) atoms. The normalized spacial score (nSPS) is 16.2. The second-order valence-corrected chi connectivity index (χ2v) is 5.61. The molecule has 1 aliphatic heterocycles. The highest BCUT2D eigenvalue weighted by Crippen LogP contribution is 2.19. The fraction of sp³-hybridized carbons (Fsp3) is 0.500. The lowest BCUT2D eigenvalue weighted by Crippen LogP contribution is -2.43. The molecule has 2 aromatic rings. The molecule has 5 nitrogen and oxygen atoms in total. The molecule has 1 aromatic heterocycles. The van der Waals surface area contributed by atoms with Crippen molar-refractivity contribution in [2.75, 3.05) is 26.2 Å². The Balaban J connectivity index is 1.92. The minimum Gasteiger partial charge on any atom is -0.326 e. The molecule has 0 spiro atoms. The molecule has 1 aliphatic rings. The lowest BCUT2D eigenvalue weighted by Gasteiger charge is -2.26. The van der Waals surface area contributed by atoms with Crippen LogP contribution in [0, 0.1) is 18.3 Å². The van der Waals surface area contributed by atoms with Crippen molar-refractivity contribution in [1.29, 1.82) is 5.26 Å². The molecule has 0 atom stereocenters. The van der Waals surface area contributed by atoms with E-state index in [0.717, 1.165) is 56.1 Å². The molecule has 0 saturated carbocycles. The molecule has 1 aromatic carbocycles. The summed E-state index contributed by atoms with van der Waals surface area (Å²) in [6.45, 7) is 7.86. The number of aromatic nitrogens is 2. The number of rotatable bonds is 4. The first-order valence-corrected chi connectivity index (χ1v) is 7.54. The minimum atomic E-state index is 0.522. The van der Waals surface area contributed by atoms with Crippen molar-refractivity contribution >= 4 is 11.0 Å². The van der Waals surface area contributed by atoms with E-state index in [0.29, 0.717) is 6.42 Å². The summed E-state index contributed by atoms with van der Waals surface area (Å²) in [6.07, 6.45) is 0.522. The number of nitrogens with zero attached hydrogens (tertiary/aromatic N) is 4. The molecule has 0 bridgehead atoms. The Morgan fingerprint density at radius 1 is 1.33 bits per heavy atom. The number of aryl methyl sites for hydroxylation is 2. The average molecular weight is 283 g/mol. The van der Waals surface area contributed by atoms with Crippen LogP contribution in [0.1, 0.15) is 17.8 Å². The first kappa shape index (κ1) is 14.1. The standard InChI is InChI=1S/C16H21N5/c1-13-3-4-15-14(11-13)19-16(21(15)8-2-5-17)12-20-9-6-18-7-10-20/h3-4,11,18H,2,6-10,12H2,1H3. The third-order valence-corrected chi connectivity index (χ3v) is 4.00. The lowest BCUT2D eigenvalue weighted by atomic mass is 10.2. The number of hydrogen-bond donors (Lipinski definition) is 1. The topological polar surface area (TPSA) is 56.9 Å². The van der Waals surface area contributed by atoms with Gasteiger partial charge in [-0.15, -0.1) is 0 Å². The first-order chi connectivity index (χ1) is 10.3. The number of imidazole rings is 1. The summed E-state index contributed by atoms with van der Waals surface area (Å²) in [5, 5.41) is 12.3. The summed E-state index contributed by atoms with van der Waals surface area (Å²) < 4.78 is 2.21. The predicted molar refractivity (Wildman–Crippen MR) is 82.8 cm³/mol. The van der Waals surface area contributed by atoms with Gasteiger partial charge in [-0.3, -0.25) is 4.90 Å². The van der Waals surface area contributed by atoms with E-state index in [9.17, 15) is 0 Å². The van der Waals surface area contributed by atoms with Crippen LogP contribution in [0.5, 0.6) is 0 Å². The van der Waals surface area contributed by atoms with Crippen LogP contribution in [0.4, 0.5) is 0 Å². The Morgan fingerprint density at radius 2 is 2.14 bits per heavy atom. The van der Waals surface area contributed by atoms with E-state index in [4.69, 9.17) is 10.2 Å².